The Kier molecular flexibility index (Phi) is 7.02. The van der Waals surface area contributed by atoms with Crippen LogP contribution in [-0.2, 0) is 16.1 Å². The van der Waals surface area contributed by atoms with E-state index < -0.39 is 23.8 Å². The van der Waals surface area contributed by atoms with Gasteiger partial charge in [0.15, 0.2) is 0 Å². The molecule has 2 atom stereocenters. The minimum Gasteiger partial charge on any atom is -0.444 e. The van der Waals surface area contributed by atoms with E-state index in [1.54, 1.807) is 0 Å². The Balaban J connectivity index is 1.94. The lowest BCUT2D eigenvalue weighted by Gasteiger charge is -2.27. The molecule has 0 saturated heterocycles. The number of alkyl carbamates (subject to hydrolysis) is 1. The van der Waals surface area contributed by atoms with Crippen LogP contribution in [0.5, 0.6) is 0 Å². The zero-order chi connectivity index (χ0) is 18.3. The Bertz CT molecular complexity index is 577. The second kappa shape index (κ2) is 9.02. The van der Waals surface area contributed by atoms with Gasteiger partial charge in [0.25, 0.3) is 0 Å². The summed E-state index contributed by atoms with van der Waals surface area (Å²) in [7, 11) is 0. The van der Waals surface area contributed by atoms with Crippen molar-refractivity contribution < 1.29 is 19.4 Å². The number of allylic oxidation sites excluding steroid dienone is 1. The van der Waals surface area contributed by atoms with Crippen LogP contribution < -0.4 is 5.32 Å². The Morgan fingerprint density at radius 1 is 1.28 bits per heavy atom. The first kappa shape index (κ1) is 19.5. The number of aliphatic hydroxyl groups excluding tert-OH is 1. The van der Waals surface area contributed by atoms with Crippen molar-refractivity contribution in [2.75, 3.05) is 6.61 Å². The smallest absolute Gasteiger partial charge is 0.408 e. The molecule has 1 aliphatic rings. The van der Waals surface area contributed by atoms with Crippen molar-refractivity contribution in [2.45, 2.75) is 64.4 Å². The molecule has 0 unspecified atom stereocenters. The molecule has 0 aliphatic heterocycles. The van der Waals surface area contributed by atoms with Crippen LogP contribution in [0.15, 0.2) is 42.0 Å². The van der Waals surface area contributed by atoms with Gasteiger partial charge in [-0.2, -0.15) is 0 Å². The number of carbonyl (C=O) groups is 1. The van der Waals surface area contributed by atoms with E-state index in [9.17, 15) is 9.90 Å². The fourth-order valence-electron chi connectivity index (χ4n) is 2.77. The van der Waals surface area contributed by atoms with Crippen molar-refractivity contribution in [1.82, 2.24) is 5.32 Å². The van der Waals surface area contributed by atoms with Crippen molar-refractivity contribution in [3.05, 3.63) is 47.5 Å². The van der Waals surface area contributed by atoms with Crippen LogP contribution in [0.2, 0.25) is 0 Å². The fraction of sp³-hybridized carbons (Fsp3) is 0.550. The van der Waals surface area contributed by atoms with Gasteiger partial charge in [-0.05, 0) is 51.2 Å². The molecule has 25 heavy (non-hydrogen) atoms. The molecule has 0 aromatic heterocycles. The van der Waals surface area contributed by atoms with E-state index in [1.165, 1.54) is 0 Å². The molecule has 0 heterocycles. The molecule has 0 fully saturated rings. The molecule has 0 bridgehead atoms. The molecule has 1 amide bonds. The molecule has 5 heteroatoms. The fourth-order valence-corrected chi connectivity index (χ4v) is 2.77. The number of benzene rings is 1. The zero-order valence-corrected chi connectivity index (χ0v) is 15.3. The average Bonchev–Trinajstić information content (AvgIpc) is 3.07. The van der Waals surface area contributed by atoms with Gasteiger partial charge in [-0.1, -0.05) is 36.4 Å². The topological polar surface area (TPSA) is 67.8 Å². The first-order valence-electron chi connectivity index (χ1n) is 8.83. The van der Waals surface area contributed by atoms with Crippen molar-refractivity contribution >= 4 is 6.09 Å². The van der Waals surface area contributed by atoms with E-state index in [0.29, 0.717) is 6.61 Å². The summed E-state index contributed by atoms with van der Waals surface area (Å²) in [5, 5.41) is 13.4. The maximum atomic E-state index is 12.1. The lowest BCUT2D eigenvalue weighted by Crippen LogP contribution is -2.48. The lowest BCUT2D eigenvalue weighted by molar-refractivity contribution is 0.0262. The second-order valence-corrected chi connectivity index (χ2v) is 7.37. The molecule has 2 rings (SSSR count). The molecule has 2 N–H and O–H groups in total. The summed E-state index contributed by atoms with van der Waals surface area (Å²) < 4.78 is 11.0. The number of hydrogen-bond acceptors (Lipinski definition) is 4. The molecule has 1 aromatic rings. The van der Waals surface area contributed by atoms with Crippen LogP contribution in [0.25, 0.3) is 0 Å². The lowest BCUT2D eigenvalue weighted by atomic mass is 10.0. The van der Waals surface area contributed by atoms with Gasteiger partial charge >= 0.3 is 6.09 Å². The van der Waals surface area contributed by atoms with Gasteiger partial charge < -0.3 is 19.9 Å². The van der Waals surface area contributed by atoms with Crippen LogP contribution in [-0.4, -0.2) is 35.6 Å². The van der Waals surface area contributed by atoms with Gasteiger partial charge in [-0.25, -0.2) is 4.79 Å². The minimum absolute atomic E-state index is 0.215. The maximum absolute atomic E-state index is 12.1. The summed E-state index contributed by atoms with van der Waals surface area (Å²) in [6.45, 7) is 6.07. The molecule has 1 aromatic carbocycles. The number of aliphatic hydroxyl groups is 1. The third-order valence-electron chi connectivity index (χ3n) is 3.95. The van der Waals surface area contributed by atoms with E-state index in [4.69, 9.17) is 9.47 Å². The quantitative estimate of drug-likeness (QED) is 0.740. The Morgan fingerprint density at radius 3 is 2.60 bits per heavy atom. The molecule has 0 radical (unpaired) electrons. The monoisotopic (exact) mass is 347 g/mol. The van der Waals surface area contributed by atoms with Crippen LogP contribution in [0.3, 0.4) is 0 Å². The first-order chi connectivity index (χ1) is 11.8. The zero-order valence-electron chi connectivity index (χ0n) is 15.3. The predicted octanol–water partition coefficient (Wildman–Crippen LogP) is 3.57. The summed E-state index contributed by atoms with van der Waals surface area (Å²) in [5.41, 5.74) is 1.43. The van der Waals surface area contributed by atoms with Crippen LogP contribution in [0, 0.1) is 0 Å². The van der Waals surface area contributed by atoms with Crippen LogP contribution in [0.4, 0.5) is 4.79 Å². The number of ether oxygens (including phenoxy) is 2. The highest BCUT2D eigenvalue weighted by atomic mass is 16.6. The third-order valence-corrected chi connectivity index (χ3v) is 3.95. The normalized spacial score (nSPS) is 16.9. The summed E-state index contributed by atoms with van der Waals surface area (Å²) in [4.78, 5) is 12.1. The molecule has 1 aliphatic carbocycles. The van der Waals surface area contributed by atoms with Crippen molar-refractivity contribution in [1.29, 1.82) is 0 Å². The van der Waals surface area contributed by atoms with E-state index in [0.717, 1.165) is 30.4 Å². The van der Waals surface area contributed by atoms with Crippen LogP contribution >= 0.6 is 0 Å². The number of rotatable bonds is 7. The first-order valence-corrected chi connectivity index (χ1v) is 8.83. The average molecular weight is 347 g/mol. The van der Waals surface area contributed by atoms with Crippen molar-refractivity contribution in [3.8, 4) is 0 Å². The molecular formula is C20H29NO4. The number of hydrogen-bond donors (Lipinski definition) is 2. The SMILES string of the molecule is CC(C)(C)OC(=O)N[C@@H](COCc1ccccc1)[C@H](O)C1=CCCC1. The highest BCUT2D eigenvalue weighted by Crippen LogP contribution is 2.23. The minimum atomic E-state index is -0.759. The third kappa shape index (κ3) is 6.88. The number of carbonyl (C=O) groups excluding carboxylic acids is 1. The van der Waals surface area contributed by atoms with Gasteiger partial charge in [0.1, 0.15) is 5.60 Å². The van der Waals surface area contributed by atoms with Crippen LogP contribution in [0.1, 0.15) is 45.6 Å². The highest BCUT2D eigenvalue weighted by Gasteiger charge is 2.28. The molecule has 0 spiro atoms. The maximum Gasteiger partial charge on any atom is 0.408 e. The van der Waals surface area contributed by atoms with Gasteiger partial charge in [0, 0.05) is 0 Å². The summed E-state index contributed by atoms with van der Waals surface area (Å²) in [6, 6.07) is 9.27. The van der Waals surface area contributed by atoms with E-state index >= 15 is 0 Å². The van der Waals surface area contributed by atoms with Gasteiger partial charge in [0.2, 0.25) is 0 Å². The van der Waals surface area contributed by atoms with E-state index in [2.05, 4.69) is 5.32 Å². The number of amides is 1. The van der Waals surface area contributed by atoms with Gasteiger partial charge in [-0.15, -0.1) is 0 Å². The summed E-state index contributed by atoms with van der Waals surface area (Å²) in [5.74, 6) is 0. The summed E-state index contributed by atoms with van der Waals surface area (Å²) >= 11 is 0. The van der Waals surface area contributed by atoms with Gasteiger partial charge in [-0.3, -0.25) is 0 Å². The Hall–Kier alpha value is -1.85. The molecule has 138 valence electrons. The highest BCUT2D eigenvalue weighted by molar-refractivity contribution is 5.68. The Labute approximate surface area is 150 Å². The standard InChI is InChI=1S/C20H29NO4/c1-20(2,3)25-19(23)21-17(18(22)16-11-7-8-12-16)14-24-13-15-9-5-4-6-10-15/h4-6,9-11,17-18,22H,7-8,12-14H2,1-3H3,(H,21,23)/t17-,18+/m0/s1. The Morgan fingerprint density at radius 2 is 2.00 bits per heavy atom. The van der Waals surface area contributed by atoms with Gasteiger partial charge in [0.05, 0.1) is 25.4 Å². The van der Waals surface area contributed by atoms with Crippen molar-refractivity contribution in [3.63, 3.8) is 0 Å². The molecular weight excluding hydrogens is 318 g/mol. The second-order valence-electron chi connectivity index (χ2n) is 7.37. The van der Waals surface area contributed by atoms with E-state index in [1.807, 2.05) is 57.2 Å². The molecule has 5 nitrogen and oxygen atoms in total. The largest absolute Gasteiger partial charge is 0.444 e. The summed E-state index contributed by atoms with van der Waals surface area (Å²) in [6.07, 6.45) is 3.61. The van der Waals surface area contributed by atoms with Crippen molar-refractivity contribution in [2.24, 2.45) is 0 Å². The number of nitrogens with one attached hydrogen (secondary N) is 1. The predicted molar refractivity (Wildman–Crippen MR) is 97.2 cm³/mol. The van der Waals surface area contributed by atoms with E-state index in [-0.39, 0.29) is 6.61 Å². The molecule has 0 saturated carbocycles.